The van der Waals surface area contributed by atoms with E-state index in [1.807, 2.05) is 14.0 Å². The minimum atomic E-state index is -0.169. The van der Waals surface area contributed by atoms with Gasteiger partial charge in [0.15, 0.2) is 5.82 Å². The summed E-state index contributed by atoms with van der Waals surface area (Å²) >= 11 is 0. The maximum atomic E-state index is 10.00. The number of rotatable bonds is 6. The SMILES string of the molecule is COC(C)c1noc(CN(C)CC2CCCCC2O)n1. The Labute approximate surface area is 120 Å². The van der Waals surface area contributed by atoms with E-state index in [-0.39, 0.29) is 12.2 Å². The Morgan fingerprint density at radius 1 is 1.45 bits per heavy atom. The molecule has 20 heavy (non-hydrogen) atoms. The predicted octanol–water partition coefficient (Wildman–Crippen LogP) is 1.76. The molecule has 1 aromatic rings. The Hall–Kier alpha value is -0.980. The fourth-order valence-electron chi connectivity index (χ4n) is 2.70. The van der Waals surface area contributed by atoms with Gasteiger partial charge in [0.05, 0.1) is 12.6 Å². The van der Waals surface area contributed by atoms with Crippen LogP contribution >= 0.6 is 0 Å². The normalized spacial score (nSPS) is 25.1. The van der Waals surface area contributed by atoms with Gasteiger partial charge in [-0.05, 0) is 32.7 Å². The zero-order valence-electron chi connectivity index (χ0n) is 12.6. The smallest absolute Gasteiger partial charge is 0.240 e. The summed E-state index contributed by atoms with van der Waals surface area (Å²) in [7, 11) is 3.64. The van der Waals surface area contributed by atoms with Crippen LogP contribution in [0.15, 0.2) is 4.52 Å². The van der Waals surface area contributed by atoms with E-state index in [9.17, 15) is 5.11 Å². The summed E-state index contributed by atoms with van der Waals surface area (Å²) in [5.41, 5.74) is 0. The highest BCUT2D eigenvalue weighted by Crippen LogP contribution is 2.25. The summed E-state index contributed by atoms with van der Waals surface area (Å²) in [5, 5.41) is 13.9. The van der Waals surface area contributed by atoms with Crippen LogP contribution in [0.5, 0.6) is 0 Å². The molecule has 6 nitrogen and oxygen atoms in total. The first kappa shape index (κ1) is 15.4. The summed E-state index contributed by atoms with van der Waals surface area (Å²) in [6.07, 6.45) is 4.06. The third kappa shape index (κ3) is 4.01. The van der Waals surface area contributed by atoms with E-state index in [0.29, 0.717) is 24.2 Å². The number of aliphatic hydroxyl groups is 1. The highest BCUT2D eigenvalue weighted by atomic mass is 16.5. The van der Waals surface area contributed by atoms with Gasteiger partial charge in [0.25, 0.3) is 0 Å². The summed E-state index contributed by atoms with van der Waals surface area (Å²) in [6, 6.07) is 0. The van der Waals surface area contributed by atoms with E-state index in [2.05, 4.69) is 15.0 Å². The van der Waals surface area contributed by atoms with Gasteiger partial charge in [0, 0.05) is 13.7 Å². The first-order valence-corrected chi connectivity index (χ1v) is 7.32. The van der Waals surface area contributed by atoms with Crippen molar-refractivity contribution in [1.29, 1.82) is 0 Å². The largest absolute Gasteiger partial charge is 0.393 e. The standard InChI is InChI=1S/C14H25N3O3/c1-10(19-3)14-15-13(20-16-14)9-17(2)8-11-6-4-5-7-12(11)18/h10-12,18H,4-9H2,1-3H3. The van der Waals surface area contributed by atoms with Crippen molar-refractivity contribution in [3.05, 3.63) is 11.7 Å². The fourth-order valence-corrected chi connectivity index (χ4v) is 2.70. The molecule has 1 heterocycles. The predicted molar refractivity (Wildman–Crippen MR) is 74.0 cm³/mol. The molecule has 0 aromatic carbocycles. The van der Waals surface area contributed by atoms with Crippen LogP contribution in [0.1, 0.15) is 50.4 Å². The van der Waals surface area contributed by atoms with Gasteiger partial charge in [-0.3, -0.25) is 4.90 Å². The number of methoxy groups -OCH3 is 1. The van der Waals surface area contributed by atoms with Gasteiger partial charge < -0.3 is 14.4 Å². The number of aliphatic hydroxyl groups excluding tert-OH is 1. The summed E-state index contributed by atoms with van der Waals surface area (Å²) in [5.74, 6) is 1.53. The van der Waals surface area contributed by atoms with Crippen molar-refractivity contribution < 1.29 is 14.4 Å². The highest BCUT2D eigenvalue weighted by Gasteiger charge is 2.24. The maximum absolute atomic E-state index is 10.00. The lowest BCUT2D eigenvalue weighted by Gasteiger charge is -2.30. The van der Waals surface area contributed by atoms with E-state index in [1.165, 1.54) is 6.42 Å². The van der Waals surface area contributed by atoms with E-state index in [1.54, 1.807) is 7.11 Å². The molecule has 0 saturated heterocycles. The first-order chi connectivity index (χ1) is 9.60. The second kappa shape index (κ2) is 7.15. The molecule has 114 valence electrons. The molecule has 1 fully saturated rings. The van der Waals surface area contributed by atoms with Crippen molar-refractivity contribution >= 4 is 0 Å². The molecule has 3 atom stereocenters. The molecule has 0 spiro atoms. The molecular formula is C14H25N3O3. The summed E-state index contributed by atoms with van der Waals surface area (Å²) in [6.45, 7) is 3.35. The van der Waals surface area contributed by atoms with Crippen molar-refractivity contribution in [2.24, 2.45) is 5.92 Å². The summed E-state index contributed by atoms with van der Waals surface area (Å²) in [4.78, 5) is 6.46. The van der Waals surface area contributed by atoms with Crippen LogP contribution in [0.25, 0.3) is 0 Å². The third-order valence-corrected chi connectivity index (χ3v) is 4.02. The van der Waals surface area contributed by atoms with Crippen LogP contribution in [0.4, 0.5) is 0 Å². The maximum Gasteiger partial charge on any atom is 0.240 e. The van der Waals surface area contributed by atoms with Gasteiger partial charge in [-0.15, -0.1) is 0 Å². The Bertz CT molecular complexity index is 410. The number of nitrogens with zero attached hydrogens (tertiary/aromatic N) is 3. The van der Waals surface area contributed by atoms with Crippen molar-refractivity contribution in [1.82, 2.24) is 15.0 Å². The molecule has 1 saturated carbocycles. The Morgan fingerprint density at radius 3 is 2.90 bits per heavy atom. The molecule has 1 aliphatic rings. The van der Waals surface area contributed by atoms with Gasteiger partial charge in [-0.25, -0.2) is 0 Å². The molecule has 0 bridgehead atoms. The fraction of sp³-hybridized carbons (Fsp3) is 0.857. The minimum absolute atomic E-state index is 0.155. The molecule has 2 rings (SSSR count). The van der Waals surface area contributed by atoms with Crippen molar-refractivity contribution in [3.8, 4) is 0 Å². The molecule has 1 aromatic heterocycles. The van der Waals surface area contributed by atoms with Crippen molar-refractivity contribution in [2.45, 2.75) is 51.4 Å². The molecule has 0 amide bonds. The van der Waals surface area contributed by atoms with Crippen molar-refractivity contribution in [2.75, 3.05) is 20.7 Å². The Balaban J connectivity index is 1.84. The van der Waals surface area contributed by atoms with E-state index in [0.717, 1.165) is 25.8 Å². The lowest BCUT2D eigenvalue weighted by atomic mass is 9.86. The van der Waals surface area contributed by atoms with Crippen LogP contribution in [-0.2, 0) is 11.3 Å². The average molecular weight is 283 g/mol. The van der Waals surface area contributed by atoms with Gasteiger partial charge in [0.1, 0.15) is 6.10 Å². The van der Waals surface area contributed by atoms with Crippen LogP contribution in [-0.4, -0.2) is 47.0 Å². The van der Waals surface area contributed by atoms with Gasteiger partial charge >= 0.3 is 0 Å². The first-order valence-electron chi connectivity index (χ1n) is 7.32. The lowest BCUT2D eigenvalue weighted by Crippen LogP contribution is -2.34. The molecule has 3 unspecified atom stereocenters. The van der Waals surface area contributed by atoms with Crippen LogP contribution in [0, 0.1) is 5.92 Å². The molecule has 0 aliphatic heterocycles. The average Bonchev–Trinajstić information content (AvgIpc) is 2.89. The van der Waals surface area contributed by atoms with E-state index >= 15 is 0 Å². The van der Waals surface area contributed by atoms with Gasteiger partial charge in [-0.1, -0.05) is 18.0 Å². The van der Waals surface area contributed by atoms with Gasteiger partial charge in [0.2, 0.25) is 5.89 Å². The van der Waals surface area contributed by atoms with Crippen LogP contribution < -0.4 is 0 Å². The number of hydrogen-bond acceptors (Lipinski definition) is 6. The second-order valence-corrected chi connectivity index (χ2v) is 5.73. The lowest BCUT2D eigenvalue weighted by molar-refractivity contribution is 0.0484. The Morgan fingerprint density at radius 2 is 2.20 bits per heavy atom. The third-order valence-electron chi connectivity index (χ3n) is 4.02. The quantitative estimate of drug-likeness (QED) is 0.857. The number of aromatic nitrogens is 2. The topological polar surface area (TPSA) is 71.6 Å². The molecule has 1 N–H and O–H groups in total. The van der Waals surface area contributed by atoms with Gasteiger partial charge in [-0.2, -0.15) is 4.98 Å². The van der Waals surface area contributed by atoms with E-state index in [4.69, 9.17) is 9.26 Å². The molecule has 0 radical (unpaired) electrons. The number of ether oxygens (including phenoxy) is 1. The highest BCUT2D eigenvalue weighted by molar-refractivity contribution is 4.90. The summed E-state index contributed by atoms with van der Waals surface area (Å²) < 4.78 is 10.4. The zero-order chi connectivity index (χ0) is 14.5. The van der Waals surface area contributed by atoms with Crippen LogP contribution in [0.3, 0.4) is 0 Å². The van der Waals surface area contributed by atoms with Crippen LogP contribution in [0.2, 0.25) is 0 Å². The van der Waals surface area contributed by atoms with E-state index < -0.39 is 0 Å². The minimum Gasteiger partial charge on any atom is -0.393 e. The number of hydrogen-bond donors (Lipinski definition) is 1. The van der Waals surface area contributed by atoms with Crippen molar-refractivity contribution in [3.63, 3.8) is 0 Å². The Kier molecular flexibility index (Phi) is 5.51. The monoisotopic (exact) mass is 283 g/mol. The second-order valence-electron chi connectivity index (χ2n) is 5.73. The molecular weight excluding hydrogens is 258 g/mol. The zero-order valence-corrected chi connectivity index (χ0v) is 12.6. The molecule has 1 aliphatic carbocycles. The molecule has 6 heteroatoms.